The Morgan fingerprint density at radius 1 is 0.974 bits per heavy atom. The van der Waals surface area contributed by atoms with Crippen LogP contribution in [0.5, 0.6) is 0 Å². The molecular formula is C24H42N4O10. The van der Waals surface area contributed by atoms with Crippen molar-refractivity contribution in [2.75, 3.05) is 39.4 Å². The Kier molecular flexibility index (Phi) is 12.6. The van der Waals surface area contributed by atoms with E-state index in [2.05, 4.69) is 10.2 Å². The number of carbonyl (C=O) groups is 1. The molecule has 218 valence electrons. The predicted molar refractivity (Wildman–Crippen MR) is 134 cm³/mol. The minimum absolute atomic E-state index is 0.590. The summed E-state index contributed by atoms with van der Waals surface area (Å²) in [6.07, 6.45) is -2.24. The minimum Gasteiger partial charge on any atom is -0.457 e. The van der Waals surface area contributed by atoms with Crippen LogP contribution >= 0.6 is 0 Å². The summed E-state index contributed by atoms with van der Waals surface area (Å²) in [5.74, 6) is -0.749. The van der Waals surface area contributed by atoms with Crippen molar-refractivity contribution in [3.8, 4) is 0 Å². The molecule has 0 aliphatic carbocycles. The monoisotopic (exact) mass is 546 g/mol. The maximum atomic E-state index is 11.5. The molecule has 8 atom stereocenters. The van der Waals surface area contributed by atoms with Crippen LogP contribution in [-0.2, 0) is 23.7 Å². The zero-order valence-corrected chi connectivity index (χ0v) is 21.8. The van der Waals surface area contributed by atoms with E-state index in [9.17, 15) is 30.3 Å². The Hall–Kier alpha value is -1.91. The third-order valence-corrected chi connectivity index (χ3v) is 6.68. The van der Waals surface area contributed by atoms with Crippen molar-refractivity contribution in [1.82, 2.24) is 10.0 Å². The van der Waals surface area contributed by atoms with E-state index in [4.69, 9.17) is 18.9 Å². The number of ether oxygens (including phenoxy) is 4. The predicted octanol–water partition coefficient (Wildman–Crippen LogP) is -1.62. The van der Waals surface area contributed by atoms with Crippen molar-refractivity contribution < 1.29 is 49.3 Å². The maximum absolute atomic E-state index is 11.5. The van der Waals surface area contributed by atoms with Gasteiger partial charge in [-0.05, 0) is 38.5 Å². The molecule has 14 heteroatoms. The Morgan fingerprint density at radius 2 is 1.55 bits per heavy atom. The Morgan fingerprint density at radius 3 is 2.08 bits per heavy atom. The summed E-state index contributed by atoms with van der Waals surface area (Å²) in [6.45, 7) is 2.91. The van der Waals surface area contributed by atoms with Gasteiger partial charge in [0.05, 0.1) is 25.6 Å². The largest absolute Gasteiger partial charge is 0.457 e. The first-order valence-corrected chi connectivity index (χ1v) is 13.3. The van der Waals surface area contributed by atoms with E-state index >= 15 is 0 Å². The summed E-state index contributed by atoms with van der Waals surface area (Å²) in [4.78, 5) is 11.5. The highest BCUT2D eigenvalue weighted by molar-refractivity contribution is 5.66. The molecule has 5 N–H and O–H groups in total. The number of hydrogen-bond acceptors (Lipinski definition) is 14. The van der Waals surface area contributed by atoms with E-state index < -0.39 is 68.4 Å². The summed E-state index contributed by atoms with van der Waals surface area (Å²) in [5.41, 5.74) is 0. The first-order chi connectivity index (χ1) is 18.3. The van der Waals surface area contributed by atoms with Crippen molar-refractivity contribution in [2.24, 2.45) is 10.2 Å². The molecule has 0 saturated carbocycles. The van der Waals surface area contributed by atoms with Crippen LogP contribution in [0.1, 0.15) is 45.4 Å². The molecule has 0 aromatic carbocycles. The lowest BCUT2D eigenvalue weighted by Gasteiger charge is -2.42. The van der Waals surface area contributed by atoms with E-state index in [1.807, 2.05) is 10.0 Å². The number of piperidine rings is 2. The quantitative estimate of drug-likeness (QED) is 0.107. The third-order valence-electron chi connectivity index (χ3n) is 6.68. The summed E-state index contributed by atoms with van der Waals surface area (Å²) in [6, 6.07) is 0. The van der Waals surface area contributed by atoms with Crippen LogP contribution in [0, 0.1) is 0 Å². The fourth-order valence-corrected chi connectivity index (χ4v) is 4.61. The lowest BCUT2D eigenvalue weighted by molar-refractivity contribution is -0.315. The van der Waals surface area contributed by atoms with Crippen LogP contribution in [0.15, 0.2) is 10.2 Å². The number of carbonyl (C=O) groups excluding carboxylic acids is 1. The summed E-state index contributed by atoms with van der Waals surface area (Å²) < 4.78 is 22.1. The van der Waals surface area contributed by atoms with E-state index in [0.717, 1.165) is 71.6 Å². The maximum Gasteiger partial charge on any atom is 0.303 e. The normalized spacial score (nSPS) is 31.5. The molecule has 3 aliphatic heterocycles. The lowest BCUT2D eigenvalue weighted by Crippen LogP contribution is -2.61. The molecule has 0 aromatic heterocycles. The number of aliphatic hydroxyl groups excluding tert-OH is 5. The zero-order valence-electron chi connectivity index (χ0n) is 21.8. The number of aliphatic hydroxyl groups is 5. The average molecular weight is 547 g/mol. The Bertz CT molecular complexity index is 762. The van der Waals surface area contributed by atoms with Gasteiger partial charge in [0.25, 0.3) is 0 Å². The van der Waals surface area contributed by atoms with Crippen molar-refractivity contribution in [1.29, 1.82) is 0 Å². The molecule has 0 spiro atoms. The first kappa shape index (κ1) is 30.6. The van der Waals surface area contributed by atoms with E-state index in [0.29, 0.717) is 0 Å². The van der Waals surface area contributed by atoms with Gasteiger partial charge < -0.3 is 44.5 Å². The second-order valence-electron chi connectivity index (χ2n) is 9.69. The third kappa shape index (κ3) is 9.09. The molecule has 14 nitrogen and oxygen atoms in total. The van der Waals surface area contributed by atoms with Crippen molar-refractivity contribution in [3.05, 3.63) is 0 Å². The summed E-state index contributed by atoms with van der Waals surface area (Å²) in [7, 11) is 0. The van der Waals surface area contributed by atoms with Crippen LogP contribution in [0.4, 0.5) is 0 Å². The smallest absolute Gasteiger partial charge is 0.303 e. The number of hydrogen-bond donors (Lipinski definition) is 5. The number of hydrazone groups is 2. The second-order valence-corrected chi connectivity index (χ2v) is 9.69. The molecule has 0 amide bonds. The average Bonchev–Trinajstić information content (AvgIpc) is 2.93. The Balaban J connectivity index is 1.75. The van der Waals surface area contributed by atoms with Crippen molar-refractivity contribution in [2.45, 2.75) is 94.7 Å². The highest BCUT2D eigenvalue weighted by Gasteiger charge is 2.48. The molecule has 3 rings (SSSR count). The lowest BCUT2D eigenvalue weighted by atomic mass is 9.99. The van der Waals surface area contributed by atoms with Crippen LogP contribution in [-0.4, -0.2) is 143 Å². The van der Waals surface area contributed by atoms with Gasteiger partial charge >= 0.3 is 5.97 Å². The highest BCUT2D eigenvalue weighted by atomic mass is 16.7. The number of rotatable bonds is 12. The molecular weight excluding hydrogens is 504 g/mol. The molecule has 0 radical (unpaired) electrons. The van der Waals surface area contributed by atoms with Gasteiger partial charge in [0.1, 0.15) is 30.5 Å². The summed E-state index contributed by atoms with van der Waals surface area (Å²) >= 11 is 0. The van der Waals surface area contributed by atoms with Gasteiger partial charge in [-0.15, -0.1) is 0 Å². The van der Waals surface area contributed by atoms with Gasteiger partial charge in [0.15, 0.2) is 18.7 Å². The number of esters is 1. The van der Waals surface area contributed by atoms with E-state index in [-0.39, 0.29) is 0 Å². The second kappa shape index (κ2) is 15.6. The molecule has 0 aromatic rings. The Labute approximate surface area is 222 Å². The van der Waals surface area contributed by atoms with Crippen LogP contribution in [0.2, 0.25) is 0 Å². The first-order valence-electron chi connectivity index (χ1n) is 13.3. The molecule has 0 bridgehead atoms. The fraction of sp³-hybridized carbons (Fsp3) is 0.875. The van der Waals surface area contributed by atoms with Crippen LogP contribution in [0.3, 0.4) is 0 Å². The molecule has 3 fully saturated rings. The van der Waals surface area contributed by atoms with Crippen molar-refractivity contribution >= 4 is 18.4 Å². The minimum atomic E-state index is -1.63. The molecule has 0 unspecified atom stereocenters. The van der Waals surface area contributed by atoms with Crippen molar-refractivity contribution in [3.63, 3.8) is 0 Å². The standard InChI is InChI=1S/C24H42N4O10/c1-16(31)35-23-21(33)19(15-30)38-24(22(23)34)37-17(12-25-27-8-4-2-5-9-27)18(14-29)36-20(32)13-26-28-10-6-3-7-11-28/h12-13,17-24,29-30,32-34H,2-11,14-15H2,1H3/b25-12+,26-13-/t17-,18+,19-,20-,21+,22+,23-,24-/m0/s1. The van der Waals surface area contributed by atoms with Crippen LogP contribution in [0.25, 0.3) is 0 Å². The SMILES string of the molecule is CC(=O)O[C@@H]1[C@@H](O)[C@@H](O[C@@H](/C=N/N2CCCCC2)[C@@H](CO)O[C@H](O)/C=N\N2CCCCC2)O[C@@H](CO)[C@H]1O. The molecule has 38 heavy (non-hydrogen) atoms. The fourth-order valence-electron chi connectivity index (χ4n) is 4.61. The van der Waals surface area contributed by atoms with Crippen LogP contribution < -0.4 is 0 Å². The van der Waals surface area contributed by atoms with Gasteiger partial charge in [-0.3, -0.25) is 14.8 Å². The molecule has 3 saturated heterocycles. The van der Waals surface area contributed by atoms with Gasteiger partial charge in [-0.25, -0.2) is 0 Å². The highest BCUT2D eigenvalue weighted by Crippen LogP contribution is 2.26. The number of nitrogens with zero attached hydrogens (tertiary/aromatic N) is 4. The van der Waals surface area contributed by atoms with Gasteiger partial charge in [0, 0.05) is 33.1 Å². The van der Waals surface area contributed by atoms with Gasteiger partial charge in [-0.1, -0.05) is 0 Å². The van der Waals surface area contributed by atoms with Gasteiger partial charge in [-0.2, -0.15) is 10.2 Å². The summed E-state index contributed by atoms with van der Waals surface area (Å²) in [5, 5.41) is 63.7. The molecule has 3 aliphatic rings. The topological polar surface area (TPSA) is 186 Å². The van der Waals surface area contributed by atoms with E-state index in [1.165, 1.54) is 12.4 Å². The zero-order chi connectivity index (χ0) is 27.5. The molecule has 3 heterocycles. The van der Waals surface area contributed by atoms with Gasteiger partial charge in [0.2, 0.25) is 0 Å². The van der Waals surface area contributed by atoms with E-state index in [1.54, 1.807) is 0 Å².